The van der Waals surface area contributed by atoms with Gasteiger partial charge in [-0.25, -0.2) is 8.42 Å². The number of rotatable bonds is 7. The van der Waals surface area contributed by atoms with E-state index >= 15 is 0 Å². The molecule has 176 valence electrons. The number of benzene rings is 2. The van der Waals surface area contributed by atoms with E-state index in [2.05, 4.69) is 5.32 Å². The van der Waals surface area contributed by atoms with Crippen LogP contribution in [0, 0.1) is 5.92 Å². The zero-order valence-corrected chi connectivity index (χ0v) is 20.1. The van der Waals surface area contributed by atoms with E-state index < -0.39 is 10.0 Å². The first-order valence-corrected chi connectivity index (χ1v) is 12.8. The molecular weight excluding hydrogens is 438 g/mol. The fraction of sp³-hybridized carbons (Fsp3) is 0.400. The van der Waals surface area contributed by atoms with Crippen molar-refractivity contribution in [1.29, 1.82) is 0 Å². The minimum absolute atomic E-state index is 0.107. The number of piperidine rings is 1. The second-order valence-corrected chi connectivity index (χ2v) is 10.8. The number of amides is 1. The molecular formula is C25H31N3O4S. The predicted molar refractivity (Wildman–Crippen MR) is 128 cm³/mol. The fourth-order valence-corrected chi connectivity index (χ4v) is 5.80. The van der Waals surface area contributed by atoms with Gasteiger partial charge in [-0.05, 0) is 68.7 Å². The average Bonchev–Trinajstić information content (AvgIpc) is 3.18. The molecule has 2 heterocycles. The number of hydrogen-bond acceptors (Lipinski definition) is 4. The molecule has 0 radical (unpaired) electrons. The molecule has 1 N–H and O–H groups in total. The lowest BCUT2D eigenvalue weighted by Crippen LogP contribution is -2.45. The molecule has 1 fully saturated rings. The largest absolute Gasteiger partial charge is 0.491 e. The highest BCUT2D eigenvalue weighted by Gasteiger charge is 2.33. The molecule has 1 aliphatic heterocycles. The van der Waals surface area contributed by atoms with Crippen molar-refractivity contribution in [3.8, 4) is 5.75 Å². The molecule has 3 aromatic rings. The summed E-state index contributed by atoms with van der Waals surface area (Å²) in [5, 5.41) is 3.85. The van der Waals surface area contributed by atoms with E-state index in [-0.39, 0.29) is 29.4 Å². The summed E-state index contributed by atoms with van der Waals surface area (Å²) in [4.78, 5) is 13.1. The van der Waals surface area contributed by atoms with Crippen LogP contribution in [0.25, 0.3) is 10.9 Å². The van der Waals surface area contributed by atoms with Crippen molar-refractivity contribution in [2.24, 2.45) is 13.0 Å². The van der Waals surface area contributed by atoms with Crippen LogP contribution in [-0.2, 0) is 28.4 Å². The van der Waals surface area contributed by atoms with Crippen molar-refractivity contribution >= 4 is 26.8 Å². The Morgan fingerprint density at radius 1 is 1.15 bits per heavy atom. The van der Waals surface area contributed by atoms with E-state index in [0.29, 0.717) is 25.9 Å². The highest BCUT2D eigenvalue weighted by Crippen LogP contribution is 2.26. The fourth-order valence-electron chi connectivity index (χ4n) is 4.24. The molecule has 7 nitrogen and oxygen atoms in total. The van der Waals surface area contributed by atoms with Crippen molar-refractivity contribution in [3.05, 3.63) is 60.3 Å². The number of carbonyl (C=O) groups is 1. The number of carbonyl (C=O) groups excluding carboxylic acids is 1. The van der Waals surface area contributed by atoms with Crippen molar-refractivity contribution in [2.45, 2.75) is 44.2 Å². The third-order valence-electron chi connectivity index (χ3n) is 6.01. The second-order valence-electron chi connectivity index (χ2n) is 8.88. The van der Waals surface area contributed by atoms with Crippen molar-refractivity contribution < 1.29 is 17.9 Å². The zero-order valence-electron chi connectivity index (χ0n) is 19.3. The smallest absolute Gasteiger partial charge is 0.243 e. The Morgan fingerprint density at radius 3 is 2.64 bits per heavy atom. The molecule has 0 saturated carbocycles. The van der Waals surface area contributed by atoms with Gasteiger partial charge in [0.05, 0.1) is 16.9 Å². The standard InChI is InChI=1S/C25H31N3O4S/c1-18(2)32-22-8-6-19(7-9-22)16-26-25(29)21-5-4-13-28(17-21)33(30,31)23-10-11-24-20(15-23)12-14-27(24)3/h6-12,14-15,18,21H,4-5,13,16-17H2,1-3H3,(H,26,29)/t21-/m0/s1. The Bertz CT molecular complexity index is 1230. The van der Waals surface area contributed by atoms with Crippen molar-refractivity contribution in [1.82, 2.24) is 14.2 Å². The van der Waals surface area contributed by atoms with Gasteiger partial charge in [-0.1, -0.05) is 12.1 Å². The first-order chi connectivity index (χ1) is 15.7. The summed E-state index contributed by atoms with van der Waals surface area (Å²) < 4.78 is 35.6. The van der Waals surface area contributed by atoms with Gasteiger partial charge in [0.25, 0.3) is 0 Å². The van der Waals surface area contributed by atoms with Crippen LogP contribution < -0.4 is 10.1 Å². The summed E-state index contributed by atoms with van der Waals surface area (Å²) in [5.74, 6) is 0.315. The molecule has 0 bridgehead atoms. The number of sulfonamides is 1. The zero-order chi connectivity index (χ0) is 23.6. The Kier molecular flexibility index (Phi) is 6.76. The minimum Gasteiger partial charge on any atom is -0.491 e. The molecule has 1 saturated heterocycles. The number of hydrogen-bond donors (Lipinski definition) is 1. The van der Waals surface area contributed by atoms with Gasteiger partial charge in [0, 0.05) is 43.8 Å². The van der Waals surface area contributed by atoms with E-state index in [1.807, 2.05) is 68.1 Å². The van der Waals surface area contributed by atoms with E-state index in [1.165, 1.54) is 4.31 Å². The lowest BCUT2D eigenvalue weighted by molar-refractivity contribution is -0.126. The lowest BCUT2D eigenvalue weighted by atomic mass is 9.99. The summed E-state index contributed by atoms with van der Waals surface area (Å²) in [6.45, 7) is 4.97. The van der Waals surface area contributed by atoms with Crippen LogP contribution in [0.4, 0.5) is 0 Å². The lowest BCUT2D eigenvalue weighted by Gasteiger charge is -2.31. The SMILES string of the molecule is CC(C)Oc1ccc(CNC(=O)[C@H]2CCCN(S(=O)(=O)c3ccc4c(ccn4C)c3)C2)cc1. The molecule has 33 heavy (non-hydrogen) atoms. The molecule has 8 heteroatoms. The van der Waals surface area contributed by atoms with Crippen LogP contribution in [-0.4, -0.2) is 42.4 Å². The van der Waals surface area contributed by atoms with Gasteiger partial charge >= 0.3 is 0 Å². The molecule has 0 spiro atoms. The number of ether oxygens (including phenoxy) is 1. The first-order valence-electron chi connectivity index (χ1n) is 11.3. The van der Waals surface area contributed by atoms with Gasteiger partial charge in [-0.3, -0.25) is 4.79 Å². The Labute approximate surface area is 195 Å². The quantitative estimate of drug-likeness (QED) is 0.572. The third kappa shape index (κ3) is 5.23. The Morgan fingerprint density at radius 2 is 1.91 bits per heavy atom. The van der Waals surface area contributed by atoms with Gasteiger partial charge in [-0.2, -0.15) is 4.31 Å². The maximum atomic E-state index is 13.3. The van der Waals surface area contributed by atoms with Gasteiger partial charge < -0.3 is 14.6 Å². The summed E-state index contributed by atoms with van der Waals surface area (Å²) in [6, 6.07) is 14.7. The second kappa shape index (κ2) is 9.57. The van der Waals surface area contributed by atoms with Crippen molar-refractivity contribution in [3.63, 3.8) is 0 Å². The van der Waals surface area contributed by atoms with Crippen LogP contribution in [0.5, 0.6) is 5.75 Å². The third-order valence-corrected chi connectivity index (χ3v) is 7.87. The molecule has 0 aliphatic carbocycles. The number of aromatic nitrogens is 1. The molecule has 0 unspecified atom stereocenters. The first kappa shape index (κ1) is 23.3. The summed E-state index contributed by atoms with van der Waals surface area (Å²) >= 11 is 0. The molecule has 1 amide bonds. The molecule has 2 aromatic carbocycles. The maximum Gasteiger partial charge on any atom is 0.243 e. The highest BCUT2D eigenvalue weighted by molar-refractivity contribution is 7.89. The number of aryl methyl sites for hydroxylation is 1. The average molecular weight is 470 g/mol. The Balaban J connectivity index is 1.39. The highest BCUT2D eigenvalue weighted by atomic mass is 32.2. The number of nitrogens with zero attached hydrogens (tertiary/aromatic N) is 2. The number of nitrogens with one attached hydrogen (secondary N) is 1. The number of fused-ring (bicyclic) bond motifs is 1. The van der Waals surface area contributed by atoms with Gasteiger partial charge in [0.1, 0.15) is 5.75 Å². The summed E-state index contributed by atoms with van der Waals surface area (Å²) in [6.07, 6.45) is 3.35. The summed E-state index contributed by atoms with van der Waals surface area (Å²) in [5.41, 5.74) is 1.95. The molecule has 1 atom stereocenters. The van der Waals surface area contributed by atoms with Crippen molar-refractivity contribution in [2.75, 3.05) is 13.1 Å². The minimum atomic E-state index is -3.66. The normalized spacial score (nSPS) is 17.4. The van der Waals surface area contributed by atoms with Crippen LogP contribution in [0.3, 0.4) is 0 Å². The predicted octanol–water partition coefficient (Wildman–Crippen LogP) is 3.68. The van der Waals surface area contributed by atoms with E-state index in [1.54, 1.807) is 12.1 Å². The van der Waals surface area contributed by atoms with Crippen LogP contribution in [0.2, 0.25) is 0 Å². The Hall–Kier alpha value is -2.84. The van der Waals surface area contributed by atoms with Crippen LogP contribution >= 0.6 is 0 Å². The summed E-state index contributed by atoms with van der Waals surface area (Å²) in [7, 11) is -1.73. The van der Waals surface area contributed by atoms with E-state index in [9.17, 15) is 13.2 Å². The van der Waals surface area contributed by atoms with Crippen LogP contribution in [0.15, 0.2) is 59.6 Å². The molecule has 4 rings (SSSR count). The monoisotopic (exact) mass is 469 g/mol. The van der Waals surface area contributed by atoms with E-state index in [4.69, 9.17) is 4.74 Å². The van der Waals surface area contributed by atoms with Gasteiger partial charge in [0.2, 0.25) is 15.9 Å². The molecule has 1 aliphatic rings. The van der Waals surface area contributed by atoms with Gasteiger partial charge in [-0.15, -0.1) is 0 Å². The van der Waals surface area contributed by atoms with E-state index in [0.717, 1.165) is 22.2 Å². The van der Waals surface area contributed by atoms with Gasteiger partial charge in [0.15, 0.2) is 0 Å². The molecule has 1 aromatic heterocycles. The van der Waals surface area contributed by atoms with Crippen LogP contribution in [0.1, 0.15) is 32.3 Å². The topological polar surface area (TPSA) is 80.6 Å². The maximum absolute atomic E-state index is 13.3.